The SMILES string of the molecule is CCOC(=O)/C(=C/NCC(=O)OC)c1ccccn1. The predicted octanol–water partition coefficient (Wildman–Crippen LogP) is 0.748. The summed E-state index contributed by atoms with van der Waals surface area (Å²) >= 11 is 0. The van der Waals surface area contributed by atoms with Gasteiger partial charge in [-0.3, -0.25) is 9.78 Å². The normalized spacial score (nSPS) is 10.7. The second-order valence-corrected chi connectivity index (χ2v) is 3.45. The Balaban J connectivity index is 2.84. The van der Waals surface area contributed by atoms with Crippen molar-refractivity contribution in [2.75, 3.05) is 20.3 Å². The molecule has 0 radical (unpaired) electrons. The van der Waals surface area contributed by atoms with Crippen LogP contribution in [0.1, 0.15) is 12.6 Å². The van der Waals surface area contributed by atoms with Crippen molar-refractivity contribution in [3.8, 4) is 0 Å². The number of nitrogens with one attached hydrogen (secondary N) is 1. The van der Waals surface area contributed by atoms with Gasteiger partial charge in [-0.2, -0.15) is 0 Å². The molecule has 6 heteroatoms. The molecular formula is C13H16N2O4. The zero-order valence-corrected chi connectivity index (χ0v) is 10.9. The number of ether oxygens (including phenoxy) is 2. The van der Waals surface area contributed by atoms with Gasteiger partial charge in [0.25, 0.3) is 0 Å². The smallest absolute Gasteiger partial charge is 0.341 e. The van der Waals surface area contributed by atoms with Crippen LogP contribution in [0, 0.1) is 0 Å². The van der Waals surface area contributed by atoms with Crippen LogP contribution in [0.3, 0.4) is 0 Å². The van der Waals surface area contributed by atoms with Gasteiger partial charge in [-0.1, -0.05) is 6.07 Å². The lowest BCUT2D eigenvalue weighted by atomic mass is 10.2. The van der Waals surface area contributed by atoms with Gasteiger partial charge in [0.15, 0.2) is 0 Å². The van der Waals surface area contributed by atoms with Gasteiger partial charge in [-0.25, -0.2) is 4.79 Å². The van der Waals surface area contributed by atoms with Crippen molar-refractivity contribution in [2.45, 2.75) is 6.92 Å². The summed E-state index contributed by atoms with van der Waals surface area (Å²) in [7, 11) is 1.29. The van der Waals surface area contributed by atoms with Crippen molar-refractivity contribution in [1.82, 2.24) is 10.3 Å². The molecule has 0 atom stereocenters. The van der Waals surface area contributed by atoms with E-state index in [1.165, 1.54) is 13.3 Å². The van der Waals surface area contributed by atoms with E-state index in [2.05, 4.69) is 15.0 Å². The zero-order valence-electron chi connectivity index (χ0n) is 10.9. The number of carbonyl (C=O) groups excluding carboxylic acids is 2. The highest BCUT2D eigenvalue weighted by atomic mass is 16.5. The molecule has 1 aromatic rings. The Morgan fingerprint density at radius 3 is 2.79 bits per heavy atom. The number of hydrogen-bond donors (Lipinski definition) is 1. The van der Waals surface area contributed by atoms with Gasteiger partial charge in [0.1, 0.15) is 12.1 Å². The van der Waals surface area contributed by atoms with Gasteiger partial charge in [-0.15, -0.1) is 0 Å². The van der Waals surface area contributed by atoms with Crippen LogP contribution in [0.2, 0.25) is 0 Å². The van der Waals surface area contributed by atoms with Crippen molar-refractivity contribution in [3.63, 3.8) is 0 Å². The summed E-state index contributed by atoms with van der Waals surface area (Å²) in [6.07, 6.45) is 2.97. The van der Waals surface area contributed by atoms with E-state index in [9.17, 15) is 9.59 Å². The Morgan fingerprint density at radius 2 is 2.21 bits per heavy atom. The molecule has 19 heavy (non-hydrogen) atoms. The molecule has 0 aliphatic heterocycles. The summed E-state index contributed by atoms with van der Waals surface area (Å²) in [5.41, 5.74) is 0.727. The van der Waals surface area contributed by atoms with Crippen molar-refractivity contribution < 1.29 is 19.1 Å². The van der Waals surface area contributed by atoms with Gasteiger partial charge in [-0.05, 0) is 19.1 Å². The lowest BCUT2D eigenvalue weighted by molar-refractivity contribution is -0.139. The Kier molecular flexibility index (Phi) is 6.08. The third-order valence-corrected chi connectivity index (χ3v) is 2.16. The minimum Gasteiger partial charge on any atom is -0.468 e. The van der Waals surface area contributed by atoms with Crippen molar-refractivity contribution >= 4 is 17.5 Å². The van der Waals surface area contributed by atoms with Crippen LogP contribution >= 0.6 is 0 Å². The van der Waals surface area contributed by atoms with E-state index < -0.39 is 11.9 Å². The van der Waals surface area contributed by atoms with E-state index >= 15 is 0 Å². The molecule has 1 heterocycles. The van der Waals surface area contributed by atoms with Crippen molar-refractivity contribution in [2.24, 2.45) is 0 Å². The minimum atomic E-state index is -0.501. The van der Waals surface area contributed by atoms with Crippen molar-refractivity contribution in [1.29, 1.82) is 0 Å². The molecule has 0 aliphatic rings. The highest BCUT2D eigenvalue weighted by Gasteiger charge is 2.14. The molecule has 0 spiro atoms. The predicted molar refractivity (Wildman–Crippen MR) is 68.9 cm³/mol. The molecule has 0 amide bonds. The fourth-order valence-electron chi connectivity index (χ4n) is 1.28. The molecule has 1 rings (SSSR count). The third-order valence-electron chi connectivity index (χ3n) is 2.16. The number of nitrogens with zero attached hydrogens (tertiary/aromatic N) is 1. The molecular weight excluding hydrogens is 248 g/mol. The van der Waals surface area contributed by atoms with Crippen LogP contribution < -0.4 is 5.32 Å². The summed E-state index contributed by atoms with van der Waals surface area (Å²) in [5, 5.41) is 2.70. The van der Waals surface area contributed by atoms with Gasteiger partial charge in [0.05, 0.1) is 19.4 Å². The minimum absolute atomic E-state index is 0.0355. The number of hydrogen-bond acceptors (Lipinski definition) is 6. The molecule has 0 bridgehead atoms. The van der Waals surface area contributed by atoms with Crippen LogP contribution in [-0.4, -0.2) is 37.2 Å². The number of carbonyl (C=O) groups is 2. The van der Waals surface area contributed by atoms with Gasteiger partial charge < -0.3 is 14.8 Å². The number of methoxy groups -OCH3 is 1. The number of aromatic nitrogens is 1. The standard InChI is InChI=1S/C13H16N2O4/c1-3-19-13(17)10(8-14-9-12(16)18-2)11-6-4-5-7-15-11/h4-8,14H,3,9H2,1-2H3/b10-8+. The quantitative estimate of drug-likeness (QED) is 0.603. The first-order valence-corrected chi connectivity index (χ1v) is 5.78. The first-order chi connectivity index (χ1) is 9.19. The molecule has 0 saturated carbocycles. The van der Waals surface area contributed by atoms with E-state index in [1.54, 1.807) is 31.3 Å². The summed E-state index contributed by atoms with van der Waals surface area (Å²) in [6, 6.07) is 5.19. The van der Waals surface area contributed by atoms with E-state index in [0.29, 0.717) is 5.69 Å². The Hall–Kier alpha value is -2.37. The summed E-state index contributed by atoms with van der Waals surface area (Å²) in [6.45, 7) is 1.95. The van der Waals surface area contributed by atoms with Crippen LogP contribution in [0.4, 0.5) is 0 Å². The Morgan fingerprint density at radius 1 is 1.42 bits per heavy atom. The molecule has 0 aliphatic carbocycles. The largest absolute Gasteiger partial charge is 0.468 e. The monoisotopic (exact) mass is 264 g/mol. The van der Waals surface area contributed by atoms with Crippen molar-refractivity contribution in [3.05, 3.63) is 36.3 Å². The van der Waals surface area contributed by atoms with Crippen LogP contribution in [0.15, 0.2) is 30.6 Å². The highest BCUT2D eigenvalue weighted by molar-refractivity contribution is 6.15. The second kappa shape index (κ2) is 7.86. The number of esters is 2. The molecule has 102 valence electrons. The average molecular weight is 264 g/mol. The lowest BCUT2D eigenvalue weighted by Gasteiger charge is -2.07. The van der Waals surface area contributed by atoms with Gasteiger partial charge in [0.2, 0.25) is 0 Å². The maximum absolute atomic E-state index is 11.8. The fourth-order valence-corrected chi connectivity index (χ4v) is 1.28. The van der Waals surface area contributed by atoms with Gasteiger partial charge >= 0.3 is 11.9 Å². The number of rotatable bonds is 6. The average Bonchev–Trinajstić information content (AvgIpc) is 2.44. The molecule has 0 unspecified atom stereocenters. The molecule has 6 nitrogen and oxygen atoms in total. The molecule has 1 N–H and O–H groups in total. The highest BCUT2D eigenvalue weighted by Crippen LogP contribution is 2.12. The molecule has 0 saturated heterocycles. The third kappa shape index (κ3) is 4.79. The molecule has 0 fully saturated rings. The Bertz CT molecular complexity index is 457. The first-order valence-electron chi connectivity index (χ1n) is 5.78. The maximum atomic E-state index is 11.8. The maximum Gasteiger partial charge on any atom is 0.341 e. The van der Waals surface area contributed by atoms with Crippen LogP contribution in [0.25, 0.3) is 5.57 Å². The Labute approximate surface area is 111 Å². The second-order valence-electron chi connectivity index (χ2n) is 3.45. The summed E-state index contributed by atoms with van der Waals surface area (Å²) < 4.78 is 9.42. The molecule has 1 aromatic heterocycles. The van der Waals surface area contributed by atoms with Gasteiger partial charge in [0, 0.05) is 12.4 Å². The van der Waals surface area contributed by atoms with E-state index in [0.717, 1.165) is 0 Å². The topological polar surface area (TPSA) is 77.5 Å². The van der Waals surface area contributed by atoms with Crippen LogP contribution in [0.5, 0.6) is 0 Å². The van der Waals surface area contributed by atoms with Crippen LogP contribution in [-0.2, 0) is 19.1 Å². The molecule has 0 aromatic carbocycles. The first kappa shape index (κ1) is 14.7. The summed E-state index contributed by atoms with van der Waals surface area (Å²) in [4.78, 5) is 26.9. The van der Waals surface area contributed by atoms with E-state index in [-0.39, 0.29) is 18.7 Å². The van der Waals surface area contributed by atoms with E-state index in [4.69, 9.17) is 4.74 Å². The fraction of sp³-hybridized carbons (Fsp3) is 0.308. The van der Waals surface area contributed by atoms with E-state index in [1.807, 2.05) is 0 Å². The number of pyridine rings is 1. The lowest BCUT2D eigenvalue weighted by Crippen LogP contribution is -2.21. The summed E-state index contributed by atoms with van der Waals surface area (Å²) in [5.74, 6) is -0.931. The zero-order chi connectivity index (χ0) is 14.1.